The summed E-state index contributed by atoms with van der Waals surface area (Å²) in [5, 5.41) is 17.5. The number of sulfonamides is 1. The van der Waals surface area contributed by atoms with E-state index in [-0.39, 0.29) is 27.1 Å². The van der Waals surface area contributed by atoms with E-state index in [0.29, 0.717) is 4.47 Å². The second-order valence-electron chi connectivity index (χ2n) is 3.82. The van der Waals surface area contributed by atoms with Crippen molar-refractivity contribution < 1.29 is 13.6 Å². The number of nitrogens with two attached hydrogens (primary N) is 1. The van der Waals surface area contributed by atoms with Crippen LogP contribution < -0.4 is 10.5 Å². The van der Waals surface area contributed by atoms with E-state index >= 15 is 0 Å². The maximum Gasteiger partial charge on any atom is 0.264 e. The molecule has 112 valence electrons. The van der Waals surface area contributed by atoms with Crippen molar-refractivity contribution in [3.05, 3.63) is 39.5 Å². The van der Waals surface area contributed by atoms with Gasteiger partial charge < -0.3 is 10.9 Å². The predicted octanol–water partition coefficient (Wildman–Crippen LogP) is 1.72. The third kappa shape index (κ3) is 3.28. The highest BCUT2D eigenvalue weighted by Crippen LogP contribution is 2.27. The van der Waals surface area contributed by atoms with Crippen molar-refractivity contribution >= 4 is 49.2 Å². The number of hydrogen-bond donors (Lipinski definition) is 4. The number of aromatic nitrogens is 2. The summed E-state index contributed by atoms with van der Waals surface area (Å²) in [6.45, 7) is 0. The second kappa shape index (κ2) is 5.92. The van der Waals surface area contributed by atoms with Crippen molar-refractivity contribution in [1.82, 2.24) is 10.2 Å². The molecule has 0 amide bonds. The molecule has 0 aliphatic rings. The van der Waals surface area contributed by atoms with E-state index in [4.69, 9.17) is 22.5 Å². The molecule has 1 aromatic heterocycles. The van der Waals surface area contributed by atoms with Gasteiger partial charge in [-0.25, -0.2) is 8.42 Å². The van der Waals surface area contributed by atoms with Crippen molar-refractivity contribution in [2.75, 3.05) is 4.72 Å². The fraction of sp³-hybridized carbons (Fsp3) is 0. The van der Waals surface area contributed by atoms with Gasteiger partial charge in [-0.2, -0.15) is 5.10 Å². The standard InChI is InChI=1S/C10H9BrClN5O3S/c11-5-1-2-8(7(12)3-5)21(19,20)17-10-6(4-14-15-10)9(13)16-18/h1-4,18H,(H2,13,16)(H2,14,15,17). The average molecular weight is 395 g/mol. The molecule has 0 saturated carbocycles. The van der Waals surface area contributed by atoms with Crippen molar-refractivity contribution in [3.8, 4) is 0 Å². The lowest BCUT2D eigenvalue weighted by Crippen LogP contribution is -2.19. The Bertz CT molecular complexity index is 805. The smallest absolute Gasteiger partial charge is 0.264 e. The van der Waals surface area contributed by atoms with E-state index in [0.717, 1.165) is 0 Å². The first kappa shape index (κ1) is 15.6. The highest BCUT2D eigenvalue weighted by molar-refractivity contribution is 9.10. The minimum absolute atomic E-state index is 0.0377. The number of aromatic amines is 1. The van der Waals surface area contributed by atoms with E-state index < -0.39 is 10.0 Å². The average Bonchev–Trinajstić information content (AvgIpc) is 2.84. The van der Waals surface area contributed by atoms with Gasteiger partial charge >= 0.3 is 0 Å². The van der Waals surface area contributed by atoms with Crippen molar-refractivity contribution in [2.24, 2.45) is 10.9 Å². The zero-order chi connectivity index (χ0) is 15.6. The van der Waals surface area contributed by atoms with Crippen LogP contribution in [0.2, 0.25) is 5.02 Å². The molecular weight excluding hydrogens is 386 g/mol. The zero-order valence-corrected chi connectivity index (χ0v) is 13.4. The molecule has 5 N–H and O–H groups in total. The first-order valence-corrected chi connectivity index (χ1v) is 7.99. The Labute approximate surface area is 133 Å². The maximum atomic E-state index is 12.3. The Morgan fingerprint density at radius 2 is 2.24 bits per heavy atom. The second-order valence-corrected chi connectivity index (χ2v) is 6.80. The molecule has 0 fully saturated rings. The number of amidine groups is 1. The van der Waals surface area contributed by atoms with E-state index in [2.05, 4.69) is 36.0 Å². The van der Waals surface area contributed by atoms with Gasteiger partial charge in [-0.3, -0.25) is 9.82 Å². The molecule has 0 aliphatic carbocycles. The van der Waals surface area contributed by atoms with E-state index in [1.54, 1.807) is 0 Å². The summed E-state index contributed by atoms with van der Waals surface area (Å²) in [6.07, 6.45) is 1.22. The summed E-state index contributed by atoms with van der Waals surface area (Å²) in [5.74, 6) is -0.326. The lowest BCUT2D eigenvalue weighted by Gasteiger charge is -2.09. The number of halogens is 2. The van der Waals surface area contributed by atoms with Gasteiger partial charge in [0.15, 0.2) is 5.84 Å². The monoisotopic (exact) mass is 393 g/mol. The lowest BCUT2D eigenvalue weighted by atomic mass is 10.3. The Morgan fingerprint density at radius 1 is 1.52 bits per heavy atom. The van der Waals surface area contributed by atoms with E-state index in [9.17, 15) is 8.42 Å². The van der Waals surface area contributed by atoms with Crippen LogP contribution in [0.4, 0.5) is 5.82 Å². The number of oxime groups is 1. The van der Waals surface area contributed by atoms with Crippen molar-refractivity contribution in [2.45, 2.75) is 4.90 Å². The van der Waals surface area contributed by atoms with Gasteiger partial charge in [0, 0.05) is 4.47 Å². The Hall–Kier alpha value is -1.78. The van der Waals surface area contributed by atoms with Crippen LogP contribution in [0.1, 0.15) is 5.56 Å². The molecule has 0 aliphatic heterocycles. The van der Waals surface area contributed by atoms with Gasteiger partial charge in [-0.1, -0.05) is 32.7 Å². The third-order valence-electron chi connectivity index (χ3n) is 2.44. The summed E-state index contributed by atoms with van der Waals surface area (Å²) in [4.78, 5) is -0.118. The molecule has 0 atom stereocenters. The van der Waals surface area contributed by atoms with Crippen LogP contribution in [-0.4, -0.2) is 29.7 Å². The number of hydrogen-bond acceptors (Lipinski definition) is 5. The summed E-state index contributed by atoms with van der Waals surface area (Å²) in [7, 11) is -3.96. The quantitative estimate of drug-likeness (QED) is 0.271. The summed E-state index contributed by atoms with van der Waals surface area (Å²) >= 11 is 9.11. The first-order chi connectivity index (χ1) is 9.85. The summed E-state index contributed by atoms with van der Waals surface area (Å²) in [6, 6.07) is 4.33. The highest BCUT2D eigenvalue weighted by Gasteiger charge is 2.21. The molecule has 0 bridgehead atoms. The normalized spacial score (nSPS) is 12.4. The van der Waals surface area contributed by atoms with Crippen LogP contribution in [0.3, 0.4) is 0 Å². The maximum absolute atomic E-state index is 12.3. The molecule has 2 rings (SSSR count). The largest absolute Gasteiger partial charge is 0.409 e. The van der Waals surface area contributed by atoms with Crippen molar-refractivity contribution in [3.63, 3.8) is 0 Å². The fourth-order valence-corrected chi connectivity index (χ4v) is 3.57. The van der Waals surface area contributed by atoms with Crippen LogP contribution in [0.5, 0.6) is 0 Å². The van der Waals surface area contributed by atoms with Gasteiger partial charge in [0.1, 0.15) is 10.7 Å². The molecule has 0 radical (unpaired) electrons. The minimum Gasteiger partial charge on any atom is -0.409 e. The molecule has 1 heterocycles. The Kier molecular flexibility index (Phi) is 4.40. The predicted molar refractivity (Wildman–Crippen MR) is 81.1 cm³/mol. The first-order valence-electron chi connectivity index (χ1n) is 5.34. The molecule has 8 nitrogen and oxygen atoms in total. The number of benzene rings is 1. The Morgan fingerprint density at radius 3 is 2.86 bits per heavy atom. The van der Waals surface area contributed by atoms with Crippen LogP contribution in [-0.2, 0) is 10.0 Å². The topological polar surface area (TPSA) is 133 Å². The molecule has 1 aromatic carbocycles. The highest BCUT2D eigenvalue weighted by atomic mass is 79.9. The van der Waals surface area contributed by atoms with Crippen LogP contribution in [0.25, 0.3) is 0 Å². The van der Waals surface area contributed by atoms with Crippen LogP contribution in [0.15, 0.2) is 38.9 Å². The number of nitrogens with zero attached hydrogens (tertiary/aromatic N) is 2. The third-order valence-corrected chi connectivity index (χ3v) is 4.77. The van der Waals surface area contributed by atoms with Crippen LogP contribution >= 0.6 is 27.5 Å². The molecular formula is C10H9BrClN5O3S. The summed E-state index contributed by atoms with van der Waals surface area (Å²) in [5.41, 5.74) is 5.53. The summed E-state index contributed by atoms with van der Waals surface area (Å²) < 4.78 is 27.5. The van der Waals surface area contributed by atoms with Gasteiger partial charge in [0.25, 0.3) is 10.0 Å². The molecule has 0 saturated heterocycles. The fourth-order valence-electron chi connectivity index (χ4n) is 1.49. The minimum atomic E-state index is -3.96. The van der Waals surface area contributed by atoms with Gasteiger partial charge in [0.05, 0.1) is 16.8 Å². The zero-order valence-electron chi connectivity index (χ0n) is 10.2. The molecule has 2 aromatic rings. The number of nitrogens with one attached hydrogen (secondary N) is 2. The van der Waals surface area contributed by atoms with Crippen molar-refractivity contribution in [1.29, 1.82) is 0 Å². The molecule has 0 spiro atoms. The molecule has 0 unspecified atom stereocenters. The molecule has 11 heteroatoms. The Balaban J connectivity index is 2.41. The van der Waals surface area contributed by atoms with Gasteiger partial charge in [-0.15, -0.1) is 0 Å². The SMILES string of the molecule is NC(=NO)c1cn[nH]c1NS(=O)(=O)c1ccc(Br)cc1Cl. The van der Waals surface area contributed by atoms with Crippen LogP contribution in [0, 0.1) is 0 Å². The number of rotatable bonds is 4. The van der Waals surface area contributed by atoms with E-state index in [1.807, 2.05) is 0 Å². The van der Waals surface area contributed by atoms with E-state index in [1.165, 1.54) is 24.4 Å². The van der Waals surface area contributed by atoms with Gasteiger partial charge in [-0.05, 0) is 18.2 Å². The molecule has 21 heavy (non-hydrogen) atoms. The number of H-pyrrole nitrogens is 1. The lowest BCUT2D eigenvalue weighted by molar-refractivity contribution is 0.318. The van der Waals surface area contributed by atoms with Gasteiger partial charge in [0.2, 0.25) is 0 Å². The number of anilines is 1.